The van der Waals surface area contributed by atoms with Gasteiger partial charge in [0.1, 0.15) is 5.78 Å². The summed E-state index contributed by atoms with van der Waals surface area (Å²) in [6.07, 6.45) is 6.05. The second-order valence-electron chi connectivity index (χ2n) is 4.96. The molecule has 17 heavy (non-hydrogen) atoms. The van der Waals surface area contributed by atoms with E-state index in [4.69, 9.17) is 0 Å². The number of ketones is 1. The average Bonchev–Trinajstić information content (AvgIpc) is 2.75. The third-order valence-electron chi connectivity index (χ3n) is 3.76. The zero-order chi connectivity index (χ0) is 12.3. The molecule has 1 heterocycles. The number of hydrogen-bond donors (Lipinski definition) is 0. The van der Waals surface area contributed by atoms with Gasteiger partial charge in [0.05, 0.1) is 13.5 Å². The molecule has 0 radical (unpaired) electrons. The Morgan fingerprint density at radius 3 is 2.59 bits per heavy atom. The Balaban J connectivity index is 1.85. The third kappa shape index (κ3) is 3.11. The average molecular weight is 236 g/mol. The van der Waals surface area contributed by atoms with Crippen molar-refractivity contribution in [2.75, 3.05) is 0 Å². The van der Waals surface area contributed by atoms with E-state index in [1.54, 1.807) is 7.05 Å². The van der Waals surface area contributed by atoms with Crippen molar-refractivity contribution in [3.63, 3.8) is 0 Å². The number of aryl methyl sites for hydroxylation is 1. The van der Waals surface area contributed by atoms with E-state index in [1.807, 2.05) is 0 Å². The number of carbonyl (C=O) groups excluding carboxylic acids is 1. The molecule has 2 rings (SSSR count). The van der Waals surface area contributed by atoms with Gasteiger partial charge in [-0.1, -0.05) is 13.3 Å². The summed E-state index contributed by atoms with van der Waals surface area (Å²) < 4.78 is 0. The van der Waals surface area contributed by atoms with Crippen molar-refractivity contribution >= 4 is 5.78 Å². The van der Waals surface area contributed by atoms with Crippen LogP contribution in [0.4, 0.5) is 0 Å². The van der Waals surface area contributed by atoms with Crippen LogP contribution in [0.1, 0.15) is 44.9 Å². The minimum absolute atomic E-state index is 0.224. The Bertz CT molecular complexity index is 380. The van der Waals surface area contributed by atoms with Crippen molar-refractivity contribution in [2.24, 2.45) is 18.9 Å². The molecule has 1 fully saturated rings. The zero-order valence-corrected chi connectivity index (χ0v) is 10.6. The second kappa shape index (κ2) is 5.38. The van der Waals surface area contributed by atoms with Crippen LogP contribution >= 0.6 is 0 Å². The molecule has 0 saturated heterocycles. The van der Waals surface area contributed by atoms with E-state index in [0.717, 1.165) is 18.8 Å². The van der Waals surface area contributed by atoms with Crippen molar-refractivity contribution in [3.05, 3.63) is 5.82 Å². The normalized spacial score (nSPS) is 24.8. The number of tetrazole rings is 1. The van der Waals surface area contributed by atoms with Gasteiger partial charge in [0, 0.05) is 5.92 Å². The minimum atomic E-state index is 0.224. The lowest BCUT2D eigenvalue weighted by Gasteiger charge is -2.26. The van der Waals surface area contributed by atoms with Crippen LogP contribution in [0.15, 0.2) is 0 Å². The fourth-order valence-corrected chi connectivity index (χ4v) is 2.59. The lowest BCUT2D eigenvalue weighted by Crippen LogP contribution is -2.23. The summed E-state index contributed by atoms with van der Waals surface area (Å²) in [6, 6.07) is 0. The lowest BCUT2D eigenvalue weighted by molar-refractivity contribution is -0.123. The maximum atomic E-state index is 12.1. The van der Waals surface area contributed by atoms with Crippen molar-refractivity contribution in [1.82, 2.24) is 20.2 Å². The number of rotatable bonds is 4. The first-order valence-corrected chi connectivity index (χ1v) is 6.44. The van der Waals surface area contributed by atoms with Crippen LogP contribution in [0, 0.1) is 11.8 Å². The highest BCUT2D eigenvalue weighted by atomic mass is 16.1. The van der Waals surface area contributed by atoms with E-state index in [-0.39, 0.29) is 11.7 Å². The maximum absolute atomic E-state index is 12.1. The van der Waals surface area contributed by atoms with Gasteiger partial charge < -0.3 is 0 Å². The number of carbonyl (C=O) groups is 1. The number of aromatic nitrogens is 4. The number of hydrogen-bond acceptors (Lipinski definition) is 4. The Labute approximate surface area is 102 Å². The largest absolute Gasteiger partial charge is 0.299 e. The summed E-state index contributed by atoms with van der Waals surface area (Å²) in [5, 5.41) is 11.7. The van der Waals surface area contributed by atoms with E-state index >= 15 is 0 Å². The van der Waals surface area contributed by atoms with E-state index in [9.17, 15) is 4.79 Å². The summed E-state index contributed by atoms with van der Waals surface area (Å²) in [6.45, 7) is 2.23. The molecule has 1 aromatic heterocycles. The van der Waals surface area contributed by atoms with E-state index in [2.05, 4.69) is 22.3 Å². The number of nitrogens with zero attached hydrogens (tertiary/aromatic N) is 4. The van der Waals surface area contributed by atoms with Crippen LogP contribution in [0.25, 0.3) is 0 Å². The highest BCUT2D eigenvalue weighted by Crippen LogP contribution is 2.31. The maximum Gasteiger partial charge on any atom is 0.182 e. The Morgan fingerprint density at radius 2 is 2.06 bits per heavy atom. The third-order valence-corrected chi connectivity index (χ3v) is 3.76. The monoisotopic (exact) mass is 236 g/mol. The van der Waals surface area contributed by atoms with Crippen LogP contribution in [0.3, 0.4) is 0 Å². The van der Waals surface area contributed by atoms with Gasteiger partial charge in [0.25, 0.3) is 0 Å². The smallest absolute Gasteiger partial charge is 0.182 e. The quantitative estimate of drug-likeness (QED) is 0.795. The molecule has 1 aliphatic carbocycles. The molecular formula is C12H20N4O. The summed E-state index contributed by atoms with van der Waals surface area (Å²) in [5.74, 6) is 1.89. The van der Waals surface area contributed by atoms with Gasteiger partial charge in [0.2, 0.25) is 0 Å². The van der Waals surface area contributed by atoms with Gasteiger partial charge in [-0.15, -0.1) is 10.2 Å². The predicted molar refractivity (Wildman–Crippen MR) is 63.2 cm³/mol. The van der Waals surface area contributed by atoms with Gasteiger partial charge in [-0.2, -0.15) is 4.80 Å². The van der Waals surface area contributed by atoms with Crippen LogP contribution in [0.5, 0.6) is 0 Å². The van der Waals surface area contributed by atoms with Crippen molar-refractivity contribution in [1.29, 1.82) is 0 Å². The highest BCUT2D eigenvalue weighted by molar-refractivity contribution is 5.82. The van der Waals surface area contributed by atoms with E-state index in [0.29, 0.717) is 12.2 Å². The molecule has 5 nitrogen and oxygen atoms in total. The summed E-state index contributed by atoms with van der Waals surface area (Å²) >= 11 is 0. The van der Waals surface area contributed by atoms with Crippen LogP contribution < -0.4 is 0 Å². The molecule has 0 atom stereocenters. The Kier molecular flexibility index (Phi) is 3.86. The molecule has 1 saturated carbocycles. The molecule has 0 N–H and O–H groups in total. The van der Waals surface area contributed by atoms with Crippen LogP contribution in [0.2, 0.25) is 0 Å². The second-order valence-corrected chi connectivity index (χ2v) is 4.96. The first-order chi connectivity index (χ1) is 8.19. The molecular weight excluding hydrogens is 216 g/mol. The molecule has 5 heteroatoms. The number of Topliss-reactive ketones (excluding diaryl/α,β-unsaturated/α-hetero) is 1. The molecule has 0 bridgehead atoms. The standard InChI is InChI=1S/C12H20N4O/c1-3-9-4-6-10(7-5-9)11(17)8-12-13-15-16(2)14-12/h9-10H,3-8H2,1-2H3. The van der Waals surface area contributed by atoms with Gasteiger partial charge in [-0.3, -0.25) is 4.79 Å². The lowest BCUT2D eigenvalue weighted by atomic mass is 9.78. The summed E-state index contributed by atoms with van der Waals surface area (Å²) in [4.78, 5) is 13.5. The van der Waals surface area contributed by atoms with Crippen molar-refractivity contribution in [3.8, 4) is 0 Å². The molecule has 1 aliphatic rings. The van der Waals surface area contributed by atoms with Crippen LogP contribution in [-0.4, -0.2) is 26.0 Å². The predicted octanol–water partition coefficient (Wildman–Crippen LogP) is 1.54. The molecule has 94 valence electrons. The molecule has 0 aliphatic heterocycles. The summed E-state index contributed by atoms with van der Waals surface area (Å²) in [7, 11) is 1.72. The highest BCUT2D eigenvalue weighted by Gasteiger charge is 2.26. The first kappa shape index (κ1) is 12.2. The minimum Gasteiger partial charge on any atom is -0.299 e. The molecule has 0 unspecified atom stereocenters. The van der Waals surface area contributed by atoms with Gasteiger partial charge in [-0.05, 0) is 36.8 Å². The Morgan fingerprint density at radius 1 is 1.35 bits per heavy atom. The van der Waals surface area contributed by atoms with Gasteiger partial charge in [-0.25, -0.2) is 0 Å². The molecule has 0 amide bonds. The summed E-state index contributed by atoms with van der Waals surface area (Å²) in [5.41, 5.74) is 0. The fraction of sp³-hybridized carbons (Fsp3) is 0.833. The van der Waals surface area contributed by atoms with E-state index < -0.39 is 0 Å². The van der Waals surface area contributed by atoms with Crippen molar-refractivity contribution < 1.29 is 4.79 Å². The molecule has 0 spiro atoms. The SMILES string of the molecule is CCC1CCC(C(=O)Cc2nnn(C)n2)CC1. The topological polar surface area (TPSA) is 60.7 Å². The molecule has 1 aromatic rings. The zero-order valence-electron chi connectivity index (χ0n) is 10.6. The van der Waals surface area contributed by atoms with Crippen molar-refractivity contribution in [2.45, 2.75) is 45.4 Å². The van der Waals surface area contributed by atoms with Gasteiger partial charge in [0.15, 0.2) is 5.82 Å². The van der Waals surface area contributed by atoms with E-state index in [1.165, 1.54) is 24.1 Å². The Hall–Kier alpha value is -1.26. The fourth-order valence-electron chi connectivity index (χ4n) is 2.59. The first-order valence-electron chi connectivity index (χ1n) is 6.44. The molecule has 0 aromatic carbocycles. The van der Waals surface area contributed by atoms with Crippen LogP contribution in [-0.2, 0) is 18.3 Å². The van der Waals surface area contributed by atoms with Gasteiger partial charge >= 0.3 is 0 Å².